The van der Waals surface area contributed by atoms with E-state index in [1.807, 2.05) is 14.2 Å². The van der Waals surface area contributed by atoms with Gasteiger partial charge < -0.3 is 24.4 Å². The molecular weight excluding hydrogens is 653 g/mol. The molecule has 0 amide bonds. The summed E-state index contributed by atoms with van der Waals surface area (Å²) in [5.41, 5.74) is 8.03. The first-order chi connectivity index (χ1) is 26.1. The number of unbranched alkanes of at least 4 members (excludes halogenated alkanes) is 20. The van der Waals surface area contributed by atoms with Gasteiger partial charge in [0, 0.05) is 74.3 Å². The Hall–Kier alpha value is -2.40. The summed E-state index contributed by atoms with van der Waals surface area (Å²) in [5, 5.41) is 7.00. The second-order valence-corrected chi connectivity index (χ2v) is 15.6. The fourth-order valence-electron chi connectivity index (χ4n) is 8.09. The summed E-state index contributed by atoms with van der Waals surface area (Å²) in [5.74, 6) is 2.07. The van der Waals surface area contributed by atoms with Crippen molar-refractivity contribution in [1.82, 2.24) is 0 Å². The summed E-state index contributed by atoms with van der Waals surface area (Å²) in [6, 6.07) is 9.70. The lowest BCUT2D eigenvalue weighted by atomic mass is 10.0. The molecule has 5 nitrogen and oxygen atoms in total. The number of fused-ring (bicyclic) bond motifs is 3. The molecule has 1 aliphatic rings. The van der Waals surface area contributed by atoms with E-state index in [9.17, 15) is 0 Å². The molecule has 0 saturated heterocycles. The van der Waals surface area contributed by atoms with Gasteiger partial charge in [0.2, 0.25) is 0 Å². The van der Waals surface area contributed by atoms with Crippen LogP contribution < -0.4 is 19.3 Å². The van der Waals surface area contributed by atoms with E-state index in [0.717, 1.165) is 51.2 Å². The van der Waals surface area contributed by atoms with Crippen molar-refractivity contribution in [2.24, 2.45) is 0 Å². The van der Waals surface area contributed by atoms with Gasteiger partial charge in [-0.3, -0.25) is 0 Å². The van der Waals surface area contributed by atoms with Gasteiger partial charge in [-0.25, -0.2) is 0 Å². The molecule has 2 aromatic rings. The number of ether oxygens (including phenoxy) is 2. The highest BCUT2D eigenvalue weighted by atomic mass is 16.5. The predicted octanol–water partition coefficient (Wildman–Crippen LogP) is 13.9. The number of nitrogens with zero attached hydrogens (tertiary/aromatic N) is 2. The van der Waals surface area contributed by atoms with E-state index in [0.29, 0.717) is 0 Å². The van der Waals surface area contributed by atoms with Gasteiger partial charge in [-0.1, -0.05) is 156 Å². The highest BCUT2D eigenvalue weighted by Gasteiger charge is 2.28. The first kappa shape index (κ1) is 46.8. The van der Waals surface area contributed by atoms with E-state index in [1.165, 1.54) is 188 Å². The highest BCUT2D eigenvalue weighted by Crippen LogP contribution is 2.48. The number of methoxy groups -OCH3 is 2. The lowest BCUT2D eigenvalue weighted by molar-refractivity contribution is 0.399. The summed E-state index contributed by atoms with van der Waals surface area (Å²) < 4.78 is 12.4. The van der Waals surface area contributed by atoms with Gasteiger partial charge in [0.1, 0.15) is 11.5 Å². The molecule has 5 heteroatoms. The minimum absolute atomic E-state index is 0.876. The van der Waals surface area contributed by atoms with E-state index in [4.69, 9.17) is 14.6 Å². The van der Waals surface area contributed by atoms with E-state index in [2.05, 4.69) is 61.8 Å². The number of hydrogen-bond acceptors (Lipinski definition) is 5. The summed E-state index contributed by atoms with van der Waals surface area (Å²) in [6.45, 7) is 13.7. The normalized spacial score (nSPS) is 11.5. The standard InChI is InChI=1S/C47H80N2O2.CH4O/c1-7-11-15-19-23-27-31-48(32-28-24-20-16-12-8-2)40-35-42-43-36-41(38-47(51-6)45(43)39-44(42)46(37-40)50-5)49(33-29-25-21-17-13-9-3)34-30-26-22-18-14-10-4;1-2/h35-38H,7-34,39H2,1-6H3;2H,1H3. The third-order valence-corrected chi connectivity index (χ3v) is 11.3. The Morgan fingerprint density at radius 3 is 0.943 bits per heavy atom. The van der Waals surface area contributed by atoms with Crippen molar-refractivity contribution in [3.63, 3.8) is 0 Å². The van der Waals surface area contributed by atoms with Crippen LogP contribution in [-0.4, -0.2) is 52.6 Å². The third-order valence-electron chi connectivity index (χ3n) is 11.3. The maximum atomic E-state index is 7.00. The van der Waals surface area contributed by atoms with Crippen LogP contribution in [0.5, 0.6) is 11.5 Å². The summed E-state index contributed by atoms with van der Waals surface area (Å²) in [4.78, 5) is 5.37. The molecular formula is C48H84N2O3. The number of hydrogen-bond donors (Lipinski definition) is 1. The third kappa shape index (κ3) is 16.9. The van der Waals surface area contributed by atoms with Crippen molar-refractivity contribution >= 4 is 11.4 Å². The van der Waals surface area contributed by atoms with Crippen molar-refractivity contribution in [3.8, 4) is 22.6 Å². The van der Waals surface area contributed by atoms with Crippen LogP contribution in [0.25, 0.3) is 11.1 Å². The minimum Gasteiger partial charge on any atom is -0.496 e. The quantitative estimate of drug-likeness (QED) is 0.0647. The van der Waals surface area contributed by atoms with Crippen LogP contribution in [-0.2, 0) is 6.42 Å². The van der Waals surface area contributed by atoms with Crippen LogP contribution in [0.4, 0.5) is 11.4 Å². The summed E-state index contributed by atoms with van der Waals surface area (Å²) >= 11 is 0. The van der Waals surface area contributed by atoms with E-state index in [1.54, 1.807) is 0 Å². The molecule has 0 fully saturated rings. The van der Waals surface area contributed by atoms with Crippen molar-refractivity contribution in [2.75, 3.05) is 57.3 Å². The lowest BCUT2D eigenvalue weighted by Crippen LogP contribution is -2.26. The second kappa shape index (κ2) is 29.9. The molecule has 0 radical (unpaired) electrons. The Labute approximate surface area is 328 Å². The minimum atomic E-state index is 0.876. The zero-order valence-electron chi connectivity index (χ0n) is 36.0. The van der Waals surface area contributed by atoms with Crippen LogP contribution in [0.3, 0.4) is 0 Å². The van der Waals surface area contributed by atoms with E-state index >= 15 is 0 Å². The summed E-state index contributed by atoms with van der Waals surface area (Å²) in [6.07, 6.45) is 32.8. The Morgan fingerprint density at radius 1 is 0.415 bits per heavy atom. The first-order valence-corrected chi connectivity index (χ1v) is 22.5. The molecule has 0 spiro atoms. The SMILES string of the molecule is CCCCCCCCN(CCCCCCCC)c1cc(OC)c2c(c1)-c1cc(N(CCCCCCCC)CCCCCCCC)cc(OC)c1C2.CO. The van der Waals surface area contributed by atoms with Gasteiger partial charge in [0.25, 0.3) is 0 Å². The second-order valence-electron chi connectivity index (χ2n) is 15.6. The Morgan fingerprint density at radius 2 is 0.679 bits per heavy atom. The van der Waals surface area contributed by atoms with E-state index in [-0.39, 0.29) is 0 Å². The zero-order valence-corrected chi connectivity index (χ0v) is 36.0. The molecule has 0 atom stereocenters. The van der Waals surface area contributed by atoms with Gasteiger partial charge in [0.05, 0.1) is 14.2 Å². The molecule has 0 saturated carbocycles. The predicted molar refractivity (Wildman–Crippen MR) is 234 cm³/mol. The Kier molecular flexibility index (Phi) is 26.4. The Balaban J connectivity index is 0.00000477. The van der Waals surface area contributed by atoms with Crippen molar-refractivity contribution in [3.05, 3.63) is 35.4 Å². The molecule has 0 heterocycles. The molecule has 0 bridgehead atoms. The summed E-state index contributed by atoms with van der Waals surface area (Å²) in [7, 11) is 4.72. The number of aliphatic hydroxyl groups excluding tert-OH is 1. The van der Waals surface area contributed by atoms with Gasteiger partial charge in [-0.15, -0.1) is 0 Å². The van der Waals surface area contributed by atoms with Gasteiger partial charge in [0.15, 0.2) is 0 Å². The maximum Gasteiger partial charge on any atom is 0.125 e. The number of anilines is 2. The van der Waals surface area contributed by atoms with Crippen molar-refractivity contribution < 1.29 is 14.6 Å². The molecule has 2 aromatic carbocycles. The fourth-order valence-corrected chi connectivity index (χ4v) is 8.09. The van der Waals surface area contributed by atoms with Gasteiger partial charge >= 0.3 is 0 Å². The smallest absolute Gasteiger partial charge is 0.125 e. The van der Waals surface area contributed by atoms with Crippen LogP contribution in [0.15, 0.2) is 24.3 Å². The highest BCUT2D eigenvalue weighted by molar-refractivity contribution is 5.86. The average molecular weight is 737 g/mol. The van der Waals surface area contributed by atoms with Crippen LogP contribution >= 0.6 is 0 Å². The van der Waals surface area contributed by atoms with Crippen LogP contribution in [0.1, 0.15) is 193 Å². The molecule has 3 rings (SSSR count). The van der Waals surface area contributed by atoms with Crippen molar-refractivity contribution in [2.45, 2.75) is 188 Å². The fraction of sp³-hybridized carbons (Fsp3) is 0.750. The number of benzene rings is 2. The number of aliphatic hydroxyl groups is 1. The molecule has 1 aliphatic carbocycles. The monoisotopic (exact) mass is 737 g/mol. The average Bonchev–Trinajstić information content (AvgIpc) is 3.57. The number of rotatable bonds is 32. The molecule has 53 heavy (non-hydrogen) atoms. The van der Waals surface area contributed by atoms with Crippen LogP contribution in [0.2, 0.25) is 0 Å². The maximum absolute atomic E-state index is 7.00. The molecule has 1 N–H and O–H groups in total. The molecule has 0 aromatic heterocycles. The molecule has 0 aliphatic heterocycles. The molecule has 0 unspecified atom stereocenters. The largest absolute Gasteiger partial charge is 0.496 e. The molecule has 304 valence electrons. The topological polar surface area (TPSA) is 45.2 Å². The van der Waals surface area contributed by atoms with Gasteiger partial charge in [-0.05, 0) is 48.9 Å². The zero-order chi connectivity index (χ0) is 38.5. The van der Waals surface area contributed by atoms with Gasteiger partial charge in [-0.2, -0.15) is 0 Å². The van der Waals surface area contributed by atoms with Crippen molar-refractivity contribution in [1.29, 1.82) is 0 Å². The van der Waals surface area contributed by atoms with E-state index < -0.39 is 0 Å². The first-order valence-electron chi connectivity index (χ1n) is 22.5. The Bertz CT molecular complexity index is 1070. The lowest BCUT2D eigenvalue weighted by Gasteiger charge is -2.27. The van der Waals surface area contributed by atoms with Crippen LogP contribution in [0, 0.1) is 0 Å².